The summed E-state index contributed by atoms with van der Waals surface area (Å²) in [6, 6.07) is 0.193. The molecule has 0 aromatic carbocycles. The minimum atomic E-state index is 0.170. The number of nitrogens with two attached hydrogens (primary N) is 1. The molecule has 0 bridgehead atoms. The first-order chi connectivity index (χ1) is 9.24. The quantitative estimate of drug-likeness (QED) is 0.722. The van der Waals surface area contributed by atoms with E-state index in [0.29, 0.717) is 5.92 Å². The first kappa shape index (κ1) is 14.8. The number of rotatable bonds is 4. The molecule has 2 aliphatic carbocycles. The maximum atomic E-state index is 12.3. The van der Waals surface area contributed by atoms with Crippen LogP contribution in [0.3, 0.4) is 0 Å². The van der Waals surface area contributed by atoms with E-state index in [-0.39, 0.29) is 30.4 Å². The minimum absolute atomic E-state index is 0.170. The molecular weight excluding hydrogens is 240 g/mol. The molecule has 0 aromatic heterocycles. The van der Waals surface area contributed by atoms with Gasteiger partial charge in [-0.2, -0.15) is 0 Å². The molecule has 0 saturated heterocycles. The molecule has 110 valence electrons. The van der Waals surface area contributed by atoms with Crippen LogP contribution in [-0.4, -0.2) is 30.2 Å². The molecular formula is C15H28N2O2. The Bertz CT molecular complexity index is 288. The Morgan fingerprint density at radius 2 is 1.79 bits per heavy atom. The van der Waals surface area contributed by atoms with Gasteiger partial charge in [-0.05, 0) is 51.0 Å². The molecule has 2 aliphatic rings. The summed E-state index contributed by atoms with van der Waals surface area (Å²) in [7, 11) is 0. The van der Waals surface area contributed by atoms with Gasteiger partial charge >= 0.3 is 0 Å². The second kappa shape index (κ2) is 7.25. The second-order valence-electron chi connectivity index (χ2n) is 6.30. The van der Waals surface area contributed by atoms with E-state index >= 15 is 0 Å². The monoisotopic (exact) mass is 268 g/mol. The molecule has 0 aromatic rings. The van der Waals surface area contributed by atoms with Gasteiger partial charge in [-0.1, -0.05) is 12.8 Å². The number of hydrogen-bond acceptors (Lipinski definition) is 3. The van der Waals surface area contributed by atoms with E-state index in [9.17, 15) is 9.90 Å². The number of carbonyl (C=O) groups is 1. The molecule has 2 saturated carbocycles. The van der Waals surface area contributed by atoms with Crippen molar-refractivity contribution in [1.29, 1.82) is 0 Å². The van der Waals surface area contributed by atoms with Crippen LogP contribution in [0.5, 0.6) is 0 Å². The molecule has 0 spiro atoms. The van der Waals surface area contributed by atoms with E-state index in [0.717, 1.165) is 45.1 Å². The summed E-state index contributed by atoms with van der Waals surface area (Å²) in [5.74, 6) is 1.26. The number of nitrogens with one attached hydrogen (secondary N) is 1. The summed E-state index contributed by atoms with van der Waals surface area (Å²) in [6.07, 6.45) is 8.54. The lowest BCUT2D eigenvalue weighted by Crippen LogP contribution is -2.46. The molecule has 4 heteroatoms. The van der Waals surface area contributed by atoms with Crippen molar-refractivity contribution in [2.24, 2.45) is 23.5 Å². The summed E-state index contributed by atoms with van der Waals surface area (Å²) in [6.45, 7) is 0.953. The fourth-order valence-corrected chi connectivity index (χ4v) is 3.58. The van der Waals surface area contributed by atoms with Crippen molar-refractivity contribution in [2.45, 2.75) is 57.4 Å². The standard InChI is InChI=1S/C15H28N2O2/c16-9-11-5-7-12(8-6-11)15(19)17-14-4-2-1-3-13(14)10-18/h11-14,18H,1-10,16H2,(H,17,19). The Morgan fingerprint density at radius 1 is 1.11 bits per heavy atom. The minimum Gasteiger partial charge on any atom is -0.396 e. The van der Waals surface area contributed by atoms with Crippen molar-refractivity contribution < 1.29 is 9.90 Å². The maximum absolute atomic E-state index is 12.3. The Balaban J connectivity index is 1.80. The van der Waals surface area contributed by atoms with Crippen molar-refractivity contribution >= 4 is 5.91 Å². The lowest BCUT2D eigenvalue weighted by atomic mass is 9.80. The van der Waals surface area contributed by atoms with Gasteiger partial charge < -0.3 is 16.2 Å². The van der Waals surface area contributed by atoms with E-state index in [2.05, 4.69) is 5.32 Å². The fraction of sp³-hybridized carbons (Fsp3) is 0.933. The zero-order chi connectivity index (χ0) is 13.7. The number of carbonyl (C=O) groups excluding carboxylic acids is 1. The zero-order valence-corrected chi connectivity index (χ0v) is 11.8. The summed E-state index contributed by atoms with van der Waals surface area (Å²) in [5, 5.41) is 12.6. The average Bonchev–Trinajstić information content (AvgIpc) is 2.48. The molecule has 2 atom stereocenters. The zero-order valence-electron chi connectivity index (χ0n) is 11.8. The van der Waals surface area contributed by atoms with Crippen LogP contribution in [0.25, 0.3) is 0 Å². The normalized spacial score (nSPS) is 35.9. The largest absolute Gasteiger partial charge is 0.396 e. The van der Waals surface area contributed by atoms with Crippen LogP contribution in [0, 0.1) is 17.8 Å². The van der Waals surface area contributed by atoms with Gasteiger partial charge in [-0.15, -0.1) is 0 Å². The van der Waals surface area contributed by atoms with Crippen molar-refractivity contribution in [3.8, 4) is 0 Å². The van der Waals surface area contributed by atoms with Gasteiger partial charge in [-0.3, -0.25) is 4.79 Å². The van der Waals surface area contributed by atoms with E-state index in [1.165, 1.54) is 12.8 Å². The molecule has 2 unspecified atom stereocenters. The SMILES string of the molecule is NCC1CCC(C(=O)NC2CCCCC2CO)CC1. The van der Waals surface area contributed by atoms with E-state index in [4.69, 9.17) is 5.73 Å². The molecule has 0 aliphatic heterocycles. The Morgan fingerprint density at radius 3 is 2.42 bits per heavy atom. The van der Waals surface area contributed by atoms with Gasteiger partial charge in [0.25, 0.3) is 0 Å². The summed E-state index contributed by atoms with van der Waals surface area (Å²) >= 11 is 0. The van der Waals surface area contributed by atoms with Crippen molar-refractivity contribution in [3.05, 3.63) is 0 Å². The number of hydrogen-bond donors (Lipinski definition) is 3. The van der Waals surface area contributed by atoms with Gasteiger partial charge in [0.2, 0.25) is 5.91 Å². The molecule has 0 radical (unpaired) electrons. The number of aliphatic hydroxyl groups is 1. The van der Waals surface area contributed by atoms with Crippen LogP contribution in [-0.2, 0) is 4.79 Å². The third kappa shape index (κ3) is 3.93. The number of amides is 1. The van der Waals surface area contributed by atoms with Gasteiger partial charge in [-0.25, -0.2) is 0 Å². The van der Waals surface area contributed by atoms with Crippen LogP contribution in [0.1, 0.15) is 51.4 Å². The fourth-order valence-electron chi connectivity index (χ4n) is 3.58. The molecule has 4 N–H and O–H groups in total. The van der Waals surface area contributed by atoms with Crippen LogP contribution in [0.4, 0.5) is 0 Å². The van der Waals surface area contributed by atoms with Crippen LogP contribution < -0.4 is 11.1 Å². The van der Waals surface area contributed by atoms with Gasteiger partial charge in [0.05, 0.1) is 0 Å². The highest BCUT2D eigenvalue weighted by atomic mass is 16.3. The smallest absolute Gasteiger partial charge is 0.223 e. The second-order valence-corrected chi connectivity index (χ2v) is 6.30. The molecule has 4 nitrogen and oxygen atoms in total. The number of aliphatic hydroxyl groups excluding tert-OH is 1. The summed E-state index contributed by atoms with van der Waals surface area (Å²) < 4.78 is 0. The Hall–Kier alpha value is -0.610. The topological polar surface area (TPSA) is 75.4 Å². The van der Waals surface area contributed by atoms with Crippen molar-refractivity contribution in [2.75, 3.05) is 13.2 Å². The van der Waals surface area contributed by atoms with Crippen LogP contribution >= 0.6 is 0 Å². The third-order valence-electron chi connectivity index (χ3n) is 5.02. The van der Waals surface area contributed by atoms with Gasteiger partial charge in [0.1, 0.15) is 0 Å². The molecule has 1 amide bonds. The van der Waals surface area contributed by atoms with Crippen molar-refractivity contribution in [3.63, 3.8) is 0 Å². The lowest BCUT2D eigenvalue weighted by molar-refractivity contribution is -0.127. The van der Waals surface area contributed by atoms with E-state index in [1.54, 1.807) is 0 Å². The van der Waals surface area contributed by atoms with Gasteiger partial charge in [0.15, 0.2) is 0 Å². The van der Waals surface area contributed by atoms with Crippen molar-refractivity contribution in [1.82, 2.24) is 5.32 Å². The van der Waals surface area contributed by atoms with E-state index in [1.807, 2.05) is 0 Å². The highest BCUT2D eigenvalue weighted by Gasteiger charge is 2.30. The van der Waals surface area contributed by atoms with Crippen LogP contribution in [0.2, 0.25) is 0 Å². The van der Waals surface area contributed by atoms with Crippen LogP contribution in [0.15, 0.2) is 0 Å². The average molecular weight is 268 g/mol. The first-order valence-electron chi connectivity index (χ1n) is 7.86. The lowest BCUT2D eigenvalue weighted by Gasteiger charge is -2.33. The van der Waals surface area contributed by atoms with E-state index < -0.39 is 0 Å². The van der Waals surface area contributed by atoms with Gasteiger partial charge in [0, 0.05) is 24.5 Å². The molecule has 2 rings (SSSR count). The maximum Gasteiger partial charge on any atom is 0.223 e. The Labute approximate surface area is 116 Å². The highest BCUT2D eigenvalue weighted by Crippen LogP contribution is 2.29. The third-order valence-corrected chi connectivity index (χ3v) is 5.02. The Kier molecular flexibility index (Phi) is 5.64. The highest BCUT2D eigenvalue weighted by molar-refractivity contribution is 5.79. The first-order valence-corrected chi connectivity index (χ1v) is 7.86. The predicted molar refractivity (Wildman–Crippen MR) is 75.5 cm³/mol. The molecule has 2 fully saturated rings. The summed E-state index contributed by atoms with van der Waals surface area (Å²) in [5.41, 5.74) is 5.68. The summed E-state index contributed by atoms with van der Waals surface area (Å²) in [4.78, 5) is 12.3. The predicted octanol–water partition coefficient (Wildman–Crippen LogP) is 1.42. The molecule has 19 heavy (non-hydrogen) atoms. The molecule has 0 heterocycles.